The molecule has 36 heavy (non-hydrogen) atoms. The summed E-state index contributed by atoms with van der Waals surface area (Å²) in [5, 5.41) is 19.9. The van der Waals surface area contributed by atoms with E-state index in [4.69, 9.17) is 16.7 Å². The quantitative estimate of drug-likeness (QED) is 0.214. The second-order valence-corrected chi connectivity index (χ2v) is 8.53. The Balaban J connectivity index is 1.80. The molecule has 0 fully saturated rings. The van der Waals surface area contributed by atoms with Crippen LogP contribution in [0.3, 0.4) is 0 Å². The van der Waals surface area contributed by atoms with Crippen LogP contribution in [-0.4, -0.2) is 15.6 Å². The third-order valence-electron chi connectivity index (χ3n) is 5.63. The minimum absolute atomic E-state index is 0.0107. The number of carboxylic acid groups (broad SMARTS) is 1. The first-order valence-electron chi connectivity index (χ1n) is 10.6. The Bertz CT molecular complexity index is 1530. The maximum atomic E-state index is 13.3. The Labute approximate surface area is 208 Å². The van der Waals surface area contributed by atoms with Crippen LogP contribution in [0.15, 0.2) is 66.9 Å². The number of benzene rings is 3. The highest BCUT2D eigenvalue weighted by Gasteiger charge is 2.31. The van der Waals surface area contributed by atoms with Crippen molar-refractivity contribution >= 4 is 40.1 Å². The van der Waals surface area contributed by atoms with E-state index in [9.17, 15) is 27.6 Å². The second-order valence-electron chi connectivity index (χ2n) is 8.10. The molecule has 0 saturated heterocycles. The molecular formula is C27H17ClF4N2O2. The van der Waals surface area contributed by atoms with Gasteiger partial charge in [-0.2, -0.15) is 18.4 Å². The van der Waals surface area contributed by atoms with Crippen LogP contribution in [-0.2, 0) is 19.4 Å². The fraction of sp³-hybridized carbons (Fsp3) is 0.111. The monoisotopic (exact) mass is 512 g/mol. The van der Waals surface area contributed by atoms with Gasteiger partial charge in [0.2, 0.25) is 0 Å². The molecule has 4 rings (SSSR count). The van der Waals surface area contributed by atoms with Gasteiger partial charge in [0, 0.05) is 28.7 Å². The molecule has 4 aromatic rings. The lowest BCUT2D eigenvalue weighted by molar-refractivity contribution is -0.137. The number of allylic oxidation sites excluding steroid dienone is 1. The lowest BCUT2D eigenvalue weighted by Crippen LogP contribution is -2.08. The minimum Gasteiger partial charge on any atom is -0.478 e. The van der Waals surface area contributed by atoms with Gasteiger partial charge in [0.05, 0.1) is 28.3 Å². The fourth-order valence-corrected chi connectivity index (χ4v) is 4.13. The van der Waals surface area contributed by atoms with Crippen molar-refractivity contribution in [3.05, 3.63) is 105 Å². The smallest absolute Gasteiger partial charge is 0.416 e. The van der Waals surface area contributed by atoms with E-state index in [2.05, 4.69) is 6.07 Å². The summed E-state index contributed by atoms with van der Waals surface area (Å²) in [6.45, 7) is -1.02. The number of carbonyl (C=O) groups is 1. The first kappa shape index (κ1) is 25.0. The topological polar surface area (TPSA) is 66.0 Å². The van der Waals surface area contributed by atoms with E-state index in [-0.39, 0.29) is 28.8 Å². The lowest BCUT2D eigenvalue weighted by atomic mass is 10.0. The number of alkyl halides is 4. The van der Waals surface area contributed by atoms with Crippen LogP contribution in [0.5, 0.6) is 0 Å². The minimum atomic E-state index is -4.62. The predicted octanol–water partition coefficient (Wildman–Crippen LogP) is 7.59. The first-order valence-corrected chi connectivity index (χ1v) is 11.0. The van der Waals surface area contributed by atoms with E-state index in [0.29, 0.717) is 27.1 Å². The molecule has 3 aromatic carbocycles. The maximum absolute atomic E-state index is 13.3. The fourth-order valence-electron chi connectivity index (χ4n) is 3.96. The second kappa shape index (κ2) is 9.88. The van der Waals surface area contributed by atoms with Crippen LogP contribution in [0.2, 0.25) is 5.02 Å². The largest absolute Gasteiger partial charge is 0.478 e. The van der Waals surface area contributed by atoms with Gasteiger partial charge in [-0.15, -0.1) is 0 Å². The molecule has 0 unspecified atom stereocenters. The Morgan fingerprint density at radius 2 is 1.69 bits per heavy atom. The van der Waals surface area contributed by atoms with Gasteiger partial charge in [-0.3, -0.25) is 0 Å². The van der Waals surface area contributed by atoms with E-state index in [0.717, 1.165) is 12.1 Å². The SMILES string of the molecule is N#C/C(=C\c1cn(Cc2cc(CF)cc(C(F)(F)F)c2)c2cc(Cl)ccc12)c1ccc(C(=O)O)cc1. The third kappa shape index (κ3) is 5.26. The summed E-state index contributed by atoms with van der Waals surface area (Å²) in [7, 11) is 0. The number of halogens is 5. The summed E-state index contributed by atoms with van der Waals surface area (Å²) in [6, 6.07) is 16.1. The average molecular weight is 513 g/mol. The Hall–Kier alpha value is -4.09. The Morgan fingerprint density at radius 3 is 2.31 bits per heavy atom. The van der Waals surface area contributed by atoms with Gasteiger partial charge in [-0.05, 0) is 59.2 Å². The summed E-state index contributed by atoms with van der Waals surface area (Å²) >= 11 is 6.18. The lowest BCUT2D eigenvalue weighted by Gasteiger charge is -2.12. The zero-order valence-electron chi connectivity index (χ0n) is 18.5. The van der Waals surface area contributed by atoms with Gasteiger partial charge < -0.3 is 9.67 Å². The third-order valence-corrected chi connectivity index (χ3v) is 5.86. The van der Waals surface area contributed by atoms with Crippen LogP contribution >= 0.6 is 11.6 Å². The molecule has 182 valence electrons. The number of carboxylic acids is 1. The highest BCUT2D eigenvalue weighted by Crippen LogP contribution is 2.33. The molecular weight excluding hydrogens is 496 g/mol. The number of nitriles is 1. The molecule has 0 aliphatic heterocycles. The summed E-state index contributed by atoms with van der Waals surface area (Å²) in [6.07, 6.45) is -1.32. The molecule has 1 heterocycles. The molecule has 0 atom stereocenters. The van der Waals surface area contributed by atoms with Crippen molar-refractivity contribution in [1.29, 1.82) is 5.26 Å². The molecule has 1 N–H and O–H groups in total. The molecule has 4 nitrogen and oxygen atoms in total. The molecule has 0 aliphatic rings. The number of aromatic nitrogens is 1. The zero-order chi connectivity index (χ0) is 26.0. The van der Waals surface area contributed by atoms with E-state index in [1.54, 1.807) is 35.0 Å². The van der Waals surface area contributed by atoms with E-state index < -0.39 is 24.4 Å². The molecule has 9 heteroatoms. The summed E-state index contributed by atoms with van der Waals surface area (Å²) in [4.78, 5) is 11.1. The molecule has 0 bridgehead atoms. The molecule has 0 spiro atoms. The van der Waals surface area contributed by atoms with Crippen molar-refractivity contribution in [3.8, 4) is 6.07 Å². The van der Waals surface area contributed by atoms with Gasteiger partial charge in [-0.25, -0.2) is 9.18 Å². The Morgan fingerprint density at radius 1 is 1.03 bits per heavy atom. The zero-order valence-corrected chi connectivity index (χ0v) is 19.2. The van der Waals surface area contributed by atoms with Crippen molar-refractivity contribution in [1.82, 2.24) is 4.57 Å². The van der Waals surface area contributed by atoms with E-state index in [1.165, 1.54) is 30.3 Å². The molecule has 1 aromatic heterocycles. The molecule has 0 radical (unpaired) electrons. The summed E-state index contributed by atoms with van der Waals surface area (Å²) < 4.78 is 54.9. The van der Waals surface area contributed by atoms with E-state index in [1.807, 2.05) is 0 Å². The Kier molecular flexibility index (Phi) is 6.86. The molecule has 0 aliphatic carbocycles. The van der Waals surface area contributed by atoms with Gasteiger partial charge in [0.15, 0.2) is 0 Å². The standard InChI is InChI=1S/C27H17ClF4N2O2/c28-23-5-6-24-21(10-20(13-33)18-1-3-19(4-2-18)26(35)36)15-34(25(24)11-23)14-17-7-16(12-29)8-22(9-17)27(30,31)32/h1-11,15H,12,14H2,(H,35,36)/b20-10+. The van der Waals surface area contributed by atoms with E-state index >= 15 is 0 Å². The van der Waals surface area contributed by atoms with Crippen molar-refractivity contribution in [2.45, 2.75) is 19.4 Å². The van der Waals surface area contributed by atoms with Gasteiger partial charge in [0.1, 0.15) is 6.67 Å². The van der Waals surface area contributed by atoms with Crippen molar-refractivity contribution in [3.63, 3.8) is 0 Å². The predicted molar refractivity (Wildman–Crippen MR) is 129 cm³/mol. The van der Waals surface area contributed by atoms with Gasteiger partial charge >= 0.3 is 12.1 Å². The maximum Gasteiger partial charge on any atom is 0.416 e. The van der Waals surface area contributed by atoms with Crippen molar-refractivity contribution in [2.75, 3.05) is 0 Å². The van der Waals surface area contributed by atoms with Crippen LogP contribution in [0.1, 0.15) is 38.2 Å². The van der Waals surface area contributed by atoms with Crippen LogP contribution in [0.25, 0.3) is 22.6 Å². The van der Waals surface area contributed by atoms with Crippen molar-refractivity contribution < 1.29 is 27.5 Å². The highest BCUT2D eigenvalue weighted by molar-refractivity contribution is 6.31. The molecule has 0 saturated carbocycles. The number of hydrogen-bond donors (Lipinski definition) is 1. The summed E-state index contributed by atoms with van der Waals surface area (Å²) in [5.74, 6) is -1.09. The van der Waals surface area contributed by atoms with Crippen molar-refractivity contribution in [2.24, 2.45) is 0 Å². The number of nitrogens with zero attached hydrogens (tertiary/aromatic N) is 2. The normalized spacial score (nSPS) is 12.1. The number of rotatable bonds is 6. The summed E-state index contributed by atoms with van der Waals surface area (Å²) in [5.41, 5.74) is 1.32. The number of aromatic carboxylic acids is 1. The first-order chi connectivity index (χ1) is 17.1. The number of hydrogen-bond acceptors (Lipinski definition) is 2. The van der Waals surface area contributed by atoms with Crippen LogP contribution in [0, 0.1) is 11.3 Å². The molecule has 0 amide bonds. The van der Waals surface area contributed by atoms with Crippen LogP contribution in [0.4, 0.5) is 17.6 Å². The number of fused-ring (bicyclic) bond motifs is 1. The van der Waals surface area contributed by atoms with Crippen LogP contribution < -0.4 is 0 Å². The highest BCUT2D eigenvalue weighted by atomic mass is 35.5. The average Bonchev–Trinajstić information content (AvgIpc) is 3.17. The van der Waals surface area contributed by atoms with Gasteiger partial charge in [0.25, 0.3) is 0 Å². The van der Waals surface area contributed by atoms with Gasteiger partial charge in [-0.1, -0.05) is 35.9 Å².